The Bertz CT molecular complexity index is 874. The van der Waals surface area contributed by atoms with Gasteiger partial charge in [-0.05, 0) is 30.3 Å². The molecule has 1 N–H and O–H groups in total. The first kappa shape index (κ1) is 20.3. The molecule has 0 saturated carbocycles. The maximum absolute atomic E-state index is 12.4. The Morgan fingerprint density at radius 2 is 1.96 bits per heavy atom. The molecular weight excluding hydrogens is 393 g/mol. The Balaban J connectivity index is 2.29. The Kier molecular flexibility index (Phi) is 6.11. The summed E-state index contributed by atoms with van der Waals surface area (Å²) in [4.78, 5) is 22.7. The first-order valence-electron chi connectivity index (χ1n) is 7.23. The highest BCUT2D eigenvalue weighted by Gasteiger charge is 2.29. The molecule has 0 aliphatic heterocycles. The average molecular weight is 405 g/mol. The number of alkyl halides is 3. The average Bonchev–Trinajstić information content (AvgIpc) is 2.59. The van der Waals surface area contributed by atoms with E-state index < -0.39 is 34.9 Å². The summed E-state index contributed by atoms with van der Waals surface area (Å²) in [5.41, 5.74) is -0.847. The minimum absolute atomic E-state index is 0.187. The maximum Gasteiger partial charge on any atom is 0.422 e. The van der Waals surface area contributed by atoms with Crippen LogP contribution in [0.3, 0.4) is 0 Å². The van der Waals surface area contributed by atoms with Crippen molar-refractivity contribution in [3.05, 3.63) is 57.1 Å². The molecule has 0 aliphatic rings. The lowest BCUT2D eigenvalue weighted by atomic mass is 10.1. The smallest absolute Gasteiger partial charge is 0.422 e. The van der Waals surface area contributed by atoms with Crippen LogP contribution >= 0.6 is 11.6 Å². The van der Waals surface area contributed by atoms with Crippen LogP contribution in [0.5, 0.6) is 11.5 Å². The van der Waals surface area contributed by atoms with Crippen LogP contribution in [0.25, 0.3) is 0 Å². The molecule has 0 fully saturated rings. The standard InChI is InChI=1S/C16H12ClF3N2O5/c1-26-14-5-2-9(6-12(14)17)21-15(23)11-7-10(27-8-16(18,19)20)3-4-13(11)22(24)25/h2-7H,8H2,1H3,(H,21,23). The molecule has 2 rings (SSSR count). The zero-order valence-electron chi connectivity index (χ0n) is 13.7. The number of anilines is 1. The van der Waals surface area contributed by atoms with Crippen LogP contribution < -0.4 is 14.8 Å². The monoisotopic (exact) mass is 404 g/mol. The third-order valence-electron chi connectivity index (χ3n) is 3.22. The van der Waals surface area contributed by atoms with Crippen molar-refractivity contribution in [3.8, 4) is 11.5 Å². The Labute approximate surface area is 155 Å². The van der Waals surface area contributed by atoms with Crippen molar-refractivity contribution in [2.75, 3.05) is 19.0 Å². The zero-order chi connectivity index (χ0) is 20.2. The number of hydrogen-bond acceptors (Lipinski definition) is 5. The molecule has 0 radical (unpaired) electrons. The topological polar surface area (TPSA) is 90.7 Å². The number of amides is 1. The summed E-state index contributed by atoms with van der Waals surface area (Å²) in [6.45, 7) is -1.60. The van der Waals surface area contributed by atoms with Gasteiger partial charge in [-0.1, -0.05) is 11.6 Å². The summed E-state index contributed by atoms with van der Waals surface area (Å²) in [5.74, 6) is -0.903. The fourth-order valence-corrected chi connectivity index (χ4v) is 2.31. The van der Waals surface area contributed by atoms with Gasteiger partial charge in [-0.15, -0.1) is 0 Å². The number of nitro groups is 1. The number of halogens is 4. The highest BCUT2D eigenvalue weighted by molar-refractivity contribution is 6.32. The molecule has 0 bridgehead atoms. The van der Waals surface area contributed by atoms with E-state index in [2.05, 4.69) is 10.1 Å². The molecule has 11 heteroatoms. The molecule has 0 unspecified atom stereocenters. The van der Waals surface area contributed by atoms with Crippen LogP contribution in [0.2, 0.25) is 5.02 Å². The van der Waals surface area contributed by atoms with E-state index in [1.54, 1.807) is 0 Å². The van der Waals surface area contributed by atoms with Gasteiger partial charge in [0.15, 0.2) is 6.61 Å². The number of carbonyl (C=O) groups excluding carboxylic acids is 1. The minimum Gasteiger partial charge on any atom is -0.495 e. The summed E-state index contributed by atoms with van der Waals surface area (Å²) in [7, 11) is 1.40. The number of methoxy groups -OCH3 is 1. The Morgan fingerprint density at radius 1 is 1.26 bits per heavy atom. The second-order valence-corrected chi connectivity index (χ2v) is 5.55. The van der Waals surface area contributed by atoms with Crippen molar-refractivity contribution >= 4 is 28.9 Å². The van der Waals surface area contributed by atoms with E-state index in [-0.39, 0.29) is 16.5 Å². The van der Waals surface area contributed by atoms with Gasteiger partial charge in [0, 0.05) is 11.8 Å². The summed E-state index contributed by atoms with van der Waals surface area (Å²) >= 11 is 5.94. The zero-order valence-corrected chi connectivity index (χ0v) is 14.4. The van der Waals surface area contributed by atoms with Crippen molar-refractivity contribution < 1.29 is 32.4 Å². The summed E-state index contributed by atoms with van der Waals surface area (Å²) in [6, 6.07) is 7.00. The van der Waals surface area contributed by atoms with Gasteiger partial charge in [-0.3, -0.25) is 14.9 Å². The summed E-state index contributed by atoms with van der Waals surface area (Å²) in [5, 5.41) is 13.7. The lowest BCUT2D eigenvalue weighted by Gasteiger charge is -2.11. The molecule has 0 heterocycles. The van der Waals surface area contributed by atoms with Crippen LogP contribution in [0, 0.1) is 10.1 Å². The number of nitro benzene ring substituents is 1. The van der Waals surface area contributed by atoms with Gasteiger partial charge >= 0.3 is 6.18 Å². The molecule has 2 aromatic rings. The van der Waals surface area contributed by atoms with E-state index in [0.717, 1.165) is 18.2 Å². The van der Waals surface area contributed by atoms with E-state index in [4.69, 9.17) is 16.3 Å². The number of carbonyl (C=O) groups is 1. The first-order valence-corrected chi connectivity index (χ1v) is 7.61. The fraction of sp³-hybridized carbons (Fsp3) is 0.188. The highest BCUT2D eigenvalue weighted by Crippen LogP contribution is 2.29. The third-order valence-corrected chi connectivity index (χ3v) is 3.52. The van der Waals surface area contributed by atoms with Gasteiger partial charge in [-0.25, -0.2) is 0 Å². The molecule has 27 heavy (non-hydrogen) atoms. The molecular formula is C16H12ClF3N2O5. The molecule has 144 valence electrons. The van der Waals surface area contributed by atoms with Gasteiger partial charge in [0.05, 0.1) is 17.1 Å². The minimum atomic E-state index is -4.59. The fourth-order valence-electron chi connectivity index (χ4n) is 2.05. The van der Waals surface area contributed by atoms with Crippen molar-refractivity contribution in [2.45, 2.75) is 6.18 Å². The number of rotatable bonds is 6. The first-order chi connectivity index (χ1) is 12.6. The molecule has 0 aliphatic carbocycles. The van der Waals surface area contributed by atoms with E-state index in [1.807, 2.05) is 0 Å². The number of benzene rings is 2. The number of nitrogens with zero attached hydrogens (tertiary/aromatic N) is 1. The molecule has 0 spiro atoms. The quantitative estimate of drug-likeness (QED) is 0.567. The van der Waals surface area contributed by atoms with Gasteiger partial charge in [0.1, 0.15) is 17.1 Å². The van der Waals surface area contributed by atoms with Crippen LogP contribution in [0.1, 0.15) is 10.4 Å². The summed E-state index contributed by atoms with van der Waals surface area (Å²) in [6.07, 6.45) is -4.59. The van der Waals surface area contributed by atoms with E-state index >= 15 is 0 Å². The predicted octanol–water partition coefficient (Wildman–Crippen LogP) is 4.45. The van der Waals surface area contributed by atoms with Gasteiger partial charge in [0.25, 0.3) is 11.6 Å². The molecule has 0 saturated heterocycles. The second kappa shape index (κ2) is 8.12. The van der Waals surface area contributed by atoms with Crippen molar-refractivity contribution in [1.82, 2.24) is 0 Å². The number of hydrogen-bond donors (Lipinski definition) is 1. The van der Waals surface area contributed by atoms with E-state index in [1.165, 1.54) is 25.3 Å². The van der Waals surface area contributed by atoms with Crippen LogP contribution in [-0.4, -0.2) is 30.7 Å². The molecule has 7 nitrogen and oxygen atoms in total. The Hall–Kier alpha value is -3.01. The van der Waals surface area contributed by atoms with E-state index in [0.29, 0.717) is 5.75 Å². The van der Waals surface area contributed by atoms with Gasteiger partial charge in [-0.2, -0.15) is 13.2 Å². The van der Waals surface area contributed by atoms with E-state index in [9.17, 15) is 28.1 Å². The third kappa shape index (κ3) is 5.48. The highest BCUT2D eigenvalue weighted by atomic mass is 35.5. The molecule has 0 atom stereocenters. The number of ether oxygens (including phenoxy) is 2. The summed E-state index contributed by atoms with van der Waals surface area (Å²) < 4.78 is 46.3. The van der Waals surface area contributed by atoms with Crippen molar-refractivity contribution in [3.63, 3.8) is 0 Å². The van der Waals surface area contributed by atoms with Crippen molar-refractivity contribution in [2.24, 2.45) is 0 Å². The van der Waals surface area contributed by atoms with Crippen LogP contribution in [-0.2, 0) is 0 Å². The Morgan fingerprint density at radius 3 is 2.52 bits per heavy atom. The molecule has 0 aromatic heterocycles. The van der Waals surface area contributed by atoms with Crippen LogP contribution in [0.15, 0.2) is 36.4 Å². The van der Waals surface area contributed by atoms with Gasteiger partial charge < -0.3 is 14.8 Å². The maximum atomic E-state index is 12.4. The molecule has 1 amide bonds. The normalized spacial score (nSPS) is 11.0. The second-order valence-electron chi connectivity index (χ2n) is 5.14. The van der Waals surface area contributed by atoms with Crippen molar-refractivity contribution in [1.29, 1.82) is 0 Å². The van der Waals surface area contributed by atoms with Gasteiger partial charge in [0.2, 0.25) is 0 Å². The SMILES string of the molecule is COc1ccc(NC(=O)c2cc(OCC(F)(F)F)ccc2[N+](=O)[O-])cc1Cl. The largest absolute Gasteiger partial charge is 0.495 e. The lowest BCUT2D eigenvalue weighted by molar-refractivity contribution is -0.385. The number of nitrogens with one attached hydrogen (secondary N) is 1. The molecule has 2 aromatic carbocycles. The lowest BCUT2D eigenvalue weighted by Crippen LogP contribution is -2.20. The predicted molar refractivity (Wildman–Crippen MR) is 90.6 cm³/mol. The van der Waals surface area contributed by atoms with Crippen LogP contribution in [0.4, 0.5) is 24.5 Å².